The van der Waals surface area contributed by atoms with E-state index in [4.69, 9.17) is 0 Å². The lowest BCUT2D eigenvalue weighted by molar-refractivity contribution is -0.116. The van der Waals surface area contributed by atoms with Gasteiger partial charge >= 0.3 is 5.51 Å². The number of para-hydroxylation sites is 1. The highest BCUT2D eigenvalue weighted by atomic mass is 35.5. The number of hydrogen-bond acceptors (Lipinski definition) is 3. The molecule has 0 saturated carbocycles. The summed E-state index contributed by atoms with van der Waals surface area (Å²) < 4.78 is 37.0. The number of anilines is 1. The van der Waals surface area contributed by atoms with Crippen LogP contribution < -0.4 is 10.6 Å². The molecule has 1 aromatic rings. The van der Waals surface area contributed by atoms with E-state index < -0.39 is 5.51 Å². The second-order valence-electron chi connectivity index (χ2n) is 3.80. The summed E-state index contributed by atoms with van der Waals surface area (Å²) in [5.41, 5.74) is -4.17. The largest absolute Gasteiger partial charge is 0.446 e. The summed E-state index contributed by atoms with van der Waals surface area (Å²) >= 11 is -0.229. The molecule has 0 heterocycles. The van der Waals surface area contributed by atoms with E-state index in [0.29, 0.717) is 13.0 Å². The quantitative estimate of drug-likeness (QED) is 0.618. The minimum Gasteiger partial charge on any atom is -0.325 e. The molecule has 0 radical (unpaired) electrons. The molecule has 0 aromatic heterocycles. The molecule has 2 N–H and O–H groups in total. The van der Waals surface area contributed by atoms with Crippen molar-refractivity contribution in [2.75, 3.05) is 18.9 Å². The van der Waals surface area contributed by atoms with Crippen LogP contribution in [-0.4, -0.2) is 25.0 Å². The summed E-state index contributed by atoms with van der Waals surface area (Å²) in [6, 6.07) is 5.89. The Hall–Kier alpha value is -0.920. The van der Waals surface area contributed by atoms with E-state index >= 15 is 0 Å². The monoisotopic (exact) mass is 328 g/mol. The fourth-order valence-corrected chi connectivity index (χ4v) is 2.05. The smallest absolute Gasteiger partial charge is 0.325 e. The zero-order chi connectivity index (χ0) is 14.3. The fourth-order valence-electron chi connectivity index (χ4n) is 1.42. The highest BCUT2D eigenvalue weighted by Gasteiger charge is 2.30. The van der Waals surface area contributed by atoms with Crippen LogP contribution in [0.15, 0.2) is 29.2 Å². The number of alkyl halides is 3. The zero-order valence-corrected chi connectivity index (χ0v) is 12.4. The van der Waals surface area contributed by atoms with Crippen LogP contribution >= 0.6 is 24.2 Å². The van der Waals surface area contributed by atoms with Gasteiger partial charge in [-0.25, -0.2) is 0 Å². The molecule has 1 amide bonds. The summed E-state index contributed by atoms with van der Waals surface area (Å²) in [6.45, 7) is 0.687. The summed E-state index contributed by atoms with van der Waals surface area (Å²) in [4.78, 5) is 11.6. The van der Waals surface area contributed by atoms with Gasteiger partial charge in [0.2, 0.25) is 5.91 Å². The van der Waals surface area contributed by atoms with Gasteiger partial charge in [0, 0.05) is 11.3 Å². The molecule has 1 rings (SSSR count). The average molecular weight is 329 g/mol. The second kappa shape index (κ2) is 9.10. The standard InChI is InChI=1S/C12H15F3N2OS.ClH/c1-16-8-4-7-11(18)17-9-5-2-3-6-10(9)19-12(13,14)15;/h2-3,5-6,16H,4,7-8H2,1H3,(H,17,18);1H. The summed E-state index contributed by atoms with van der Waals surface area (Å²) in [5.74, 6) is -0.287. The Morgan fingerprint density at radius 3 is 2.55 bits per heavy atom. The van der Waals surface area contributed by atoms with E-state index in [1.54, 1.807) is 13.1 Å². The molecule has 8 heteroatoms. The van der Waals surface area contributed by atoms with Crippen molar-refractivity contribution in [1.82, 2.24) is 5.32 Å². The van der Waals surface area contributed by atoms with Crippen molar-refractivity contribution < 1.29 is 18.0 Å². The van der Waals surface area contributed by atoms with E-state index in [9.17, 15) is 18.0 Å². The molecular weight excluding hydrogens is 313 g/mol. The molecular formula is C12H16ClF3N2OS. The number of hydrogen-bond donors (Lipinski definition) is 2. The molecule has 0 fully saturated rings. The zero-order valence-electron chi connectivity index (χ0n) is 10.8. The van der Waals surface area contributed by atoms with Crippen molar-refractivity contribution in [2.45, 2.75) is 23.2 Å². The number of rotatable bonds is 6. The van der Waals surface area contributed by atoms with Crippen LogP contribution in [0.2, 0.25) is 0 Å². The van der Waals surface area contributed by atoms with E-state index in [1.165, 1.54) is 18.2 Å². The van der Waals surface area contributed by atoms with Gasteiger partial charge < -0.3 is 10.6 Å². The van der Waals surface area contributed by atoms with Gasteiger partial charge in [0.25, 0.3) is 0 Å². The molecule has 114 valence electrons. The maximum Gasteiger partial charge on any atom is 0.446 e. The SMILES string of the molecule is CNCCCC(=O)Nc1ccccc1SC(F)(F)F.Cl. The van der Waals surface area contributed by atoms with Crippen LogP contribution in [0.1, 0.15) is 12.8 Å². The predicted octanol–water partition coefficient (Wildman–Crippen LogP) is 3.66. The normalized spacial score (nSPS) is 10.8. The molecule has 1 aromatic carbocycles. The van der Waals surface area contributed by atoms with Gasteiger partial charge in [-0.15, -0.1) is 12.4 Å². The van der Waals surface area contributed by atoms with Gasteiger partial charge in [-0.1, -0.05) is 12.1 Å². The summed E-state index contributed by atoms with van der Waals surface area (Å²) in [6.07, 6.45) is 0.906. The summed E-state index contributed by atoms with van der Waals surface area (Å²) in [5, 5.41) is 5.40. The molecule has 0 unspecified atom stereocenters. The third kappa shape index (κ3) is 7.62. The Labute approximate surface area is 126 Å². The molecule has 3 nitrogen and oxygen atoms in total. The van der Waals surface area contributed by atoms with Crippen molar-refractivity contribution >= 4 is 35.8 Å². The number of halogens is 4. The van der Waals surface area contributed by atoms with E-state index in [2.05, 4.69) is 10.6 Å². The number of carbonyl (C=O) groups excluding carboxylic acids is 1. The van der Waals surface area contributed by atoms with Crippen molar-refractivity contribution in [3.05, 3.63) is 24.3 Å². The first-order chi connectivity index (χ1) is 8.92. The summed E-state index contributed by atoms with van der Waals surface area (Å²) in [7, 11) is 1.77. The van der Waals surface area contributed by atoms with Crippen LogP contribution in [0.4, 0.5) is 18.9 Å². The Morgan fingerprint density at radius 2 is 1.95 bits per heavy atom. The number of benzene rings is 1. The van der Waals surface area contributed by atoms with Crippen LogP contribution in [0.3, 0.4) is 0 Å². The number of thioether (sulfide) groups is 1. The number of nitrogens with one attached hydrogen (secondary N) is 2. The molecule has 0 aliphatic carbocycles. The molecule has 0 aliphatic heterocycles. The van der Waals surface area contributed by atoms with E-state index in [0.717, 1.165) is 0 Å². The maximum absolute atomic E-state index is 12.3. The van der Waals surface area contributed by atoms with E-state index in [-0.39, 0.29) is 47.1 Å². The van der Waals surface area contributed by atoms with Crippen molar-refractivity contribution in [3.8, 4) is 0 Å². The topological polar surface area (TPSA) is 41.1 Å². The lowest BCUT2D eigenvalue weighted by Crippen LogP contribution is -2.15. The third-order valence-electron chi connectivity index (χ3n) is 2.22. The minimum absolute atomic E-state index is 0. The molecule has 20 heavy (non-hydrogen) atoms. The second-order valence-corrected chi connectivity index (χ2v) is 4.91. The van der Waals surface area contributed by atoms with Crippen LogP contribution in [0.5, 0.6) is 0 Å². The Kier molecular flexibility index (Phi) is 8.68. The Balaban J connectivity index is 0.00000361. The molecule has 0 saturated heterocycles. The first-order valence-corrected chi connectivity index (χ1v) is 6.53. The number of amides is 1. The Morgan fingerprint density at radius 1 is 1.30 bits per heavy atom. The van der Waals surface area contributed by atoms with Gasteiger partial charge in [-0.3, -0.25) is 4.79 Å². The van der Waals surface area contributed by atoms with Gasteiger partial charge in [-0.2, -0.15) is 13.2 Å². The van der Waals surface area contributed by atoms with Gasteiger partial charge in [-0.05, 0) is 43.9 Å². The lowest BCUT2D eigenvalue weighted by atomic mass is 10.2. The highest BCUT2D eigenvalue weighted by Crippen LogP contribution is 2.40. The van der Waals surface area contributed by atoms with Crippen LogP contribution in [0.25, 0.3) is 0 Å². The first kappa shape index (κ1) is 19.1. The minimum atomic E-state index is -4.37. The van der Waals surface area contributed by atoms with Gasteiger partial charge in [0.1, 0.15) is 0 Å². The average Bonchev–Trinajstić information content (AvgIpc) is 2.30. The van der Waals surface area contributed by atoms with E-state index in [1.807, 2.05) is 0 Å². The Bertz CT molecular complexity index is 429. The molecule has 0 atom stereocenters. The fraction of sp³-hybridized carbons (Fsp3) is 0.417. The molecule has 0 spiro atoms. The van der Waals surface area contributed by atoms with Crippen LogP contribution in [0, 0.1) is 0 Å². The van der Waals surface area contributed by atoms with Gasteiger partial charge in [0.05, 0.1) is 5.69 Å². The highest BCUT2D eigenvalue weighted by molar-refractivity contribution is 8.00. The van der Waals surface area contributed by atoms with Crippen LogP contribution in [-0.2, 0) is 4.79 Å². The predicted molar refractivity (Wildman–Crippen MR) is 77.4 cm³/mol. The first-order valence-electron chi connectivity index (χ1n) is 5.71. The van der Waals surface area contributed by atoms with Gasteiger partial charge in [0.15, 0.2) is 0 Å². The maximum atomic E-state index is 12.3. The van der Waals surface area contributed by atoms with Crippen molar-refractivity contribution in [3.63, 3.8) is 0 Å². The molecule has 0 bridgehead atoms. The van der Waals surface area contributed by atoms with Crippen molar-refractivity contribution in [1.29, 1.82) is 0 Å². The van der Waals surface area contributed by atoms with Crippen molar-refractivity contribution in [2.24, 2.45) is 0 Å². The third-order valence-corrected chi connectivity index (χ3v) is 3.02. The lowest BCUT2D eigenvalue weighted by Gasteiger charge is -2.12. The molecule has 0 aliphatic rings. The number of carbonyl (C=O) groups is 1.